The molecule has 2 nitrogen and oxygen atoms in total. The number of nitrogens with zero attached hydrogens (tertiary/aromatic N) is 1. The monoisotopic (exact) mass is 208 g/mol. The maximum Gasteiger partial charge on any atom is 0.212 e. The predicted octanol–water partition coefficient (Wildman–Crippen LogP) is 3.21. The van der Waals surface area contributed by atoms with Crippen molar-refractivity contribution in [3.8, 4) is 0 Å². The van der Waals surface area contributed by atoms with Gasteiger partial charge in [-0.15, -0.1) is 0 Å². The number of nitrogens with one attached hydrogen (secondary N) is 1. The largest absolute Gasteiger partial charge is 0.381 e. The Hall–Kier alpha value is -1.12. The average molecular weight is 208 g/mol. The second-order valence-electron chi connectivity index (χ2n) is 4.48. The molecule has 0 bridgehead atoms. The fourth-order valence-corrected chi connectivity index (χ4v) is 2.26. The fraction of sp³-hybridized carbons (Fsp3) is 0.583. The Morgan fingerprint density at radius 2 is 2.27 bits per heavy atom. The molecule has 15 heavy (non-hydrogen) atoms. The van der Waals surface area contributed by atoms with Crippen LogP contribution in [0.15, 0.2) is 18.3 Å². The molecule has 2 unspecified atom stereocenters. The van der Waals surface area contributed by atoms with Crippen molar-refractivity contribution in [1.29, 1.82) is 0 Å². The topological polar surface area (TPSA) is 24.9 Å². The first-order chi connectivity index (χ1) is 7.24. The minimum absolute atomic E-state index is 0.419. The average Bonchev–Trinajstić information content (AvgIpc) is 2.22. The lowest BCUT2D eigenvalue weighted by Crippen LogP contribution is -2.26. The van der Waals surface area contributed by atoms with Gasteiger partial charge in [0.05, 0.1) is 11.9 Å². The van der Waals surface area contributed by atoms with Gasteiger partial charge in [0.25, 0.3) is 0 Å². The van der Waals surface area contributed by atoms with Crippen LogP contribution in [-0.2, 0) is 0 Å². The molecule has 1 aromatic heterocycles. The highest BCUT2D eigenvalue weighted by atomic mass is 19.1. The number of pyridine rings is 1. The normalized spacial score (nSPS) is 26.3. The maximum atomic E-state index is 12.6. The smallest absolute Gasteiger partial charge is 0.212 e. The molecule has 1 saturated carbocycles. The SMILES string of the molecule is CC1CCCC(Nc2ccc(F)nc2)C1. The van der Waals surface area contributed by atoms with Crippen LogP contribution in [0.2, 0.25) is 0 Å². The molecule has 1 heterocycles. The summed E-state index contributed by atoms with van der Waals surface area (Å²) in [6.07, 6.45) is 6.60. The molecule has 2 atom stereocenters. The van der Waals surface area contributed by atoms with Gasteiger partial charge in [0.1, 0.15) is 0 Å². The van der Waals surface area contributed by atoms with Crippen molar-refractivity contribution in [3.63, 3.8) is 0 Å². The van der Waals surface area contributed by atoms with Crippen molar-refractivity contribution in [3.05, 3.63) is 24.3 Å². The fourth-order valence-electron chi connectivity index (χ4n) is 2.26. The van der Waals surface area contributed by atoms with Gasteiger partial charge < -0.3 is 5.32 Å². The van der Waals surface area contributed by atoms with Crippen molar-refractivity contribution in [2.24, 2.45) is 5.92 Å². The van der Waals surface area contributed by atoms with Gasteiger partial charge in [0, 0.05) is 6.04 Å². The van der Waals surface area contributed by atoms with E-state index >= 15 is 0 Å². The van der Waals surface area contributed by atoms with Gasteiger partial charge in [-0.05, 0) is 30.9 Å². The van der Waals surface area contributed by atoms with E-state index in [1.54, 1.807) is 12.3 Å². The lowest BCUT2D eigenvalue weighted by atomic mass is 9.87. The molecule has 0 aromatic carbocycles. The van der Waals surface area contributed by atoms with E-state index in [-0.39, 0.29) is 0 Å². The standard InChI is InChI=1S/C12H17FN2/c1-9-3-2-4-10(7-9)15-11-5-6-12(13)14-8-11/h5-6,8-10,15H,2-4,7H2,1H3. The number of hydrogen-bond donors (Lipinski definition) is 1. The van der Waals surface area contributed by atoms with Crippen LogP contribution in [-0.4, -0.2) is 11.0 Å². The minimum atomic E-state index is -0.419. The first-order valence-electron chi connectivity index (χ1n) is 5.62. The Morgan fingerprint density at radius 3 is 2.93 bits per heavy atom. The van der Waals surface area contributed by atoms with Gasteiger partial charge in [0.15, 0.2) is 0 Å². The first kappa shape index (κ1) is 10.4. The van der Waals surface area contributed by atoms with Gasteiger partial charge in [-0.25, -0.2) is 4.98 Å². The zero-order chi connectivity index (χ0) is 10.7. The van der Waals surface area contributed by atoms with Crippen LogP contribution in [0, 0.1) is 11.9 Å². The summed E-state index contributed by atoms with van der Waals surface area (Å²) < 4.78 is 12.6. The molecule has 0 spiro atoms. The summed E-state index contributed by atoms with van der Waals surface area (Å²) in [5, 5.41) is 3.41. The lowest BCUT2D eigenvalue weighted by Gasteiger charge is -2.28. The molecule has 2 rings (SSSR count). The summed E-state index contributed by atoms with van der Waals surface area (Å²) in [6, 6.07) is 3.68. The molecule has 1 aromatic rings. The Bertz CT molecular complexity index is 310. The number of hydrogen-bond acceptors (Lipinski definition) is 2. The third-order valence-electron chi connectivity index (χ3n) is 3.03. The van der Waals surface area contributed by atoms with Crippen LogP contribution in [0.3, 0.4) is 0 Å². The summed E-state index contributed by atoms with van der Waals surface area (Å²) in [5.41, 5.74) is 0.926. The predicted molar refractivity (Wildman–Crippen MR) is 59.2 cm³/mol. The van der Waals surface area contributed by atoms with Crippen molar-refractivity contribution in [1.82, 2.24) is 4.98 Å². The molecular formula is C12H17FN2. The third-order valence-corrected chi connectivity index (χ3v) is 3.03. The van der Waals surface area contributed by atoms with E-state index in [9.17, 15) is 4.39 Å². The highest BCUT2D eigenvalue weighted by molar-refractivity contribution is 5.41. The zero-order valence-electron chi connectivity index (χ0n) is 9.04. The van der Waals surface area contributed by atoms with Crippen LogP contribution in [0.4, 0.5) is 10.1 Å². The van der Waals surface area contributed by atoms with Crippen molar-refractivity contribution in [2.75, 3.05) is 5.32 Å². The van der Waals surface area contributed by atoms with Crippen molar-refractivity contribution >= 4 is 5.69 Å². The summed E-state index contributed by atoms with van der Waals surface area (Å²) in [7, 11) is 0. The Balaban J connectivity index is 1.93. The number of rotatable bonds is 2. The molecule has 1 aliphatic carbocycles. The number of halogens is 1. The maximum absolute atomic E-state index is 12.6. The summed E-state index contributed by atoms with van der Waals surface area (Å²) in [6.45, 7) is 2.29. The van der Waals surface area contributed by atoms with E-state index < -0.39 is 5.95 Å². The van der Waals surface area contributed by atoms with Gasteiger partial charge in [-0.1, -0.05) is 19.8 Å². The Labute approximate surface area is 89.9 Å². The van der Waals surface area contributed by atoms with E-state index in [2.05, 4.69) is 17.2 Å². The summed E-state index contributed by atoms with van der Waals surface area (Å²) >= 11 is 0. The molecule has 0 radical (unpaired) electrons. The van der Waals surface area contributed by atoms with E-state index in [1.807, 2.05) is 0 Å². The molecular weight excluding hydrogens is 191 g/mol. The first-order valence-corrected chi connectivity index (χ1v) is 5.62. The Kier molecular flexibility index (Phi) is 3.19. The zero-order valence-corrected chi connectivity index (χ0v) is 9.04. The third kappa shape index (κ3) is 2.91. The number of anilines is 1. The second kappa shape index (κ2) is 4.60. The van der Waals surface area contributed by atoms with E-state index in [1.165, 1.54) is 31.7 Å². The molecule has 1 aliphatic rings. The van der Waals surface area contributed by atoms with E-state index in [4.69, 9.17) is 0 Å². The molecule has 1 N–H and O–H groups in total. The number of aromatic nitrogens is 1. The van der Waals surface area contributed by atoms with Crippen LogP contribution < -0.4 is 5.32 Å². The van der Waals surface area contributed by atoms with E-state index in [0.717, 1.165) is 11.6 Å². The summed E-state index contributed by atoms with van der Waals surface area (Å²) in [5.74, 6) is 0.377. The highest BCUT2D eigenvalue weighted by Crippen LogP contribution is 2.25. The second-order valence-corrected chi connectivity index (χ2v) is 4.48. The van der Waals surface area contributed by atoms with Crippen LogP contribution >= 0.6 is 0 Å². The van der Waals surface area contributed by atoms with Crippen LogP contribution in [0.25, 0.3) is 0 Å². The highest BCUT2D eigenvalue weighted by Gasteiger charge is 2.18. The van der Waals surface area contributed by atoms with Crippen LogP contribution in [0.1, 0.15) is 32.6 Å². The van der Waals surface area contributed by atoms with Crippen LogP contribution in [0.5, 0.6) is 0 Å². The molecule has 82 valence electrons. The van der Waals surface area contributed by atoms with Gasteiger partial charge in [-0.2, -0.15) is 4.39 Å². The van der Waals surface area contributed by atoms with Gasteiger partial charge in [-0.3, -0.25) is 0 Å². The van der Waals surface area contributed by atoms with Gasteiger partial charge in [0.2, 0.25) is 5.95 Å². The molecule has 3 heteroatoms. The Morgan fingerprint density at radius 1 is 1.40 bits per heavy atom. The van der Waals surface area contributed by atoms with E-state index in [0.29, 0.717) is 6.04 Å². The van der Waals surface area contributed by atoms with Crippen molar-refractivity contribution < 1.29 is 4.39 Å². The molecule has 0 saturated heterocycles. The minimum Gasteiger partial charge on any atom is -0.381 e. The molecule has 0 amide bonds. The quantitative estimate of drug-likeness (QED) is 0.755. The summed E-state index contributed by atoms with van der Waals surface area (Å²) in [4.78, 5) is 3.63. The van der Waals surface area contributed by atoms with Gasteiger partial charge >= 0.3 is 0 Å². The van der Waals surface area contributed by atoms with Crippen molar-refractivity contribution in [2.45, 2.75) is 38.6 Å². The lowest BCUT2D eigenvalue weighted by molar-refractivity contribution is 0.358. The molecule has 1 fully saturated rings. The molecule has 0 aliphatic heterocycles.